The SMILES string of the molecule is Cc1nccn1-c1ccc(Nc2nc3c(c(Cc4ccccc4F)n2)CN(C(=O)OC(C)(C)C)CC3)cc1. The normalized spacial score (nSPS) is 13.2. The number of hydrogen-bond acceptors (Lipinski definition) is 6. The van der Waals surface area contributed by atoms with E-state index in [2.05, 4.69) is 10.3 Å². The minimum absolute atomic E-state index is 0.285. The van der Waals surface area contributed by atoms with E-state index in [4.69, 9.17) is 14.7 Å². The second-order valence-corrected chi connectivity index (χ2v) is 10.4. The molecule has 196 valence electrons. The van der Waals surface area contributed by atoms with E-state index in [0.29, 0.717) is 36.7 Å². The summed E-state index contributed by atoms with van der Waals surface area (Å²) in [4.78, 5) is 28.3. The summed E-state index contributed by atoms with van der Waals surface area (Å²) in [6.07, 6.45) is 4.14. The summed E-state index contributed by atoms with van der Waals surface area (Å²) in [7, 11) is 0. The van der Waals surface area contributed by atoms with E-state index < -0.39 is 5.60 Å². The summed E-state index contributed by atoms with van der Waals surface area (Å²) < 4.78 is 22.2. The fourth-order valence-corrected chi connectivity index (χ4v) is 4.47. The van der Waals surface area contributed by atoms with Crippen LogP contribution in [0, 0.1) is 12.7 Å². The summed E-state index contributed by atoms with van der Waals surface area (Å²) in [6, 6.07) is 14.6. The standard InChI is InChI=1S/C29H31FN6O2/c1-19-31-14-16-36(19)22-11-9-21(10-12-22)32-27-33-25-13-15-35(28(37)38-29(2,3)4)18-23(25)26(34-27)17-20-7-5-6-8-24(20)30/h5-12,14,16H,13,15,17-18H2,1-4H3,(H,32,33,34). The van der Waals surface area contributed by atoms with Crippen molar-refractivity contribution in [2.45, 2.75) is 52.7 Å². The van der Waals surface area contributed by atoms with Gasteiger partial charge in [0.1, 0.15) is 17.2 Å². The van der Waals surface area contributed by atoms with Gasteiger partial charge >= 0.3 is 6.09 Å². The molecule has 0 aliphatic carbocycles. The molecule has 0 radical (unpaired) electrons. The average molecular weight is 515 g/mol. The molecule has 5 rings (SSSR count). The third-order valence-corrected chi connectivity index (χ3v) is 6.34. The molecule has 0 saturated carbocycles. The van der Waals surface area contributed by atoms with Gasteiger partial charge in [-0.05, 0) is 63.6 Å². The maximum atomic E-state index is 14.6. The van der Waals surface area contributed by atoms with Gasteiger partial charge in [0.2, 0.25) is 5.95 Å². The lowest BCUT2D eigenvalue weighted by Crippen LogP contribution is -2.40. The van der Waals surface area contributed by atoms with Crippen LogP contribution in [0.5, 0.6) is 0 Å². The highest BCUT2D eigenvalue weighted by Gasteiger charge is 2.29. The van der Waals surface area contributed by atoms with Gasteiger partial charge in [-0.15, -0.1) is 0 Å². The predicted octanol–water partition coefficient (Wildman–Crippen LogP) is 5.74. The highest BCUT2D eigenvalue weighted by molar-refractivity contribution is 5.69. The van der Waals surface area contributed by atoms with E-state index in [-0.39, 0.29) is 18.3 Å². The van der Waals surface area contributed by atoms with Crippen LogP contribution in [0.15, 0.2) is 60.9 Å². The van der Waals surface area contributed by atoms with Crippen LogP contribution in [0.25, 0.3) is 5.69 Å². The molecule has 1 aliphatic rings. The molecular weight excluding hydrogens is 483 g/mol. The van der Waals surface area contributed by atoms with Gasteiger partial charge in [0, 0.05) is 48.7 Å². The third kappa shape index (κ3) is 5.66. The molecular formula is C29H31FN6O2. The minimum atomic E-state index is -0.594. The first-order valence-electron chi connectivity index (χ1n) is 12.6. The molecule has 0 fully saturated rings. The molecule has 2 aromatic heterocycles. The van der Waals surface area contributed by atoms with Crippen molar-refractivity contribution in [3.63, 3.8) is 0 Å². The number of imidazole rings is 1. The van der Waals surface area contributed by atoms with Crippen LogP contribution < -0.4 is 5.32 Å². The van der Waals surface area contributed by atoms with Crippen molar-refractivity contribution in [3.05, 3.63) is 95.1 Å². The number of benzene rings is 2. The minimum Gasteiger partial charge on any atom is -0.444 e. The Balaban J connectivity index is 1.44. The van der Waals surface area contributed by atoms with Gasteiger partial charge in [-0.25, -0.2) is 24.1 Å². The number of carbonyl (C=O) groups is 1. The van der Waals surface area contributed by atoms with Crippen LogP contribution in [0.4, 0.5) is 20.8 Å². The number of aromatic nitrogens is 4. The van der Waals surface area contributed by atoms with Gasteiger partial charge in [-0.3, -0.25) is 0 Å². The molecule has 0 atom stereocenters. The number of ether oxygens (including phenoxy) is 1. The van der Waals surface area contributed by atoms with E-state index in [1.807, 2.05) is 68.8 Å². The number of rotatable bonds is 5. The molecule has 1 N–H and O–H groups in total. The maximum absolute atomic E-state index is 14.6. The van der Waals surface area contributed by atoms with Crippen molar-refractivity contribution >= 4 is 17.7 Å². The van der Waals surface area contributed by atoms with Crippen LogP contribution in [-0.4, -0.2) is 42.7 Å². The van der Waals surface area contributed by atoms with Crippen molar-refractivity contribution in [3.8, 4) is 5.69 Å². The zero-order chi connectivity index (χ0) is 26.9. The quantitative estimate of drug-likeness (QED) is 0.366. The monoisotopic (exact) mass is 514 g/mol. The van der Waals surface area contributed by atoms with Crippen molar-refractivity contribution in [2.75, 3.05) is 11.9 Å². The lowest BCUT2D eigenvalue weighted by atomic mass is 9.99. The molecule has 0 saturated heterocycles. The highest BCUT2D eigenvalue weighted by Crippen LogP contribution is 2.27. The second-order valence-electron chi connectivity index (χ2n) is 10.4. The van der Waals surface area contributed by atoms with Gasteiger partial charge in [-0.1, -0.05) is 18.2 Å². The fourth-order valence-electron chi connectivity index (χ4n) is 4.47. The number of hydrogen-bond donors (Lipinski definition) is 1. The van der Waals surface area contributed by atoms with Crippen molar-refractivity contribution in [1.29, 1.82) is 0 Å². The number of nitrogens with zero attached hydrogens (tertiary/aromatic N) is 5. The van der Waals surface area contributed by atoms with Crippen LogP contribution in [0.2, 0.25) is 0 Å². The number of halogens is 1. The Bertz CT molecular complexity index is 1460. The molecule has 3 heterocycles. The Morgan fingerprint density at radius 3 is 2.55 bits per heavy atom. The van der Waals surface area contributed by atoms with Gasteiger partial charge in [0.25, 0.3) is 0 Å². The zero-order valence-electron chi connectivity index (χ0n) is 22.0. The summed E-state index contributed by atoms with van der Waals surface area (Å²) in [6.45, 7) is 8.28. The predicted molar refractivity (Wildman–Crippen MR) is 143 cm³/mol. The van der Waals surface area contributed by atoms with Crippen LogP contribution in [-0.2, 0) is 24.1 Å². The lowest BCUT2D eigenvalue weighted by Gasteiger charge is -2.31. The molecule has 4 aromatic rings. The zero-order valence-corrected chi connectivity index (χ0v) is 22.0. The first kappa shape index (κ1) is 25.4. The van der Waals surface area contributed by atoms with Crippen molar-refractivity contribution < 1.29 is 13.9 Å². The molecule has 8 nitrogen and oxygen atoms in total. The van der Waals surface area contributed by atoms with Crippen LogP contribution in [0.3, 0.4) is 0 Å². The topological polar surface area (TPSA) is 85.2 Å². The Morgan fingerprint density at radius 1 is 1.11 bits per heavy atom. The van der Waals surface area contributed by atoms with Crippen molar-refractivity contribution in [2.24, 2.45) is 0 Å². The van der Waals surface area contributed by atoms with E-state index in [1.54, 1.807) is 23.2 Å². The van der Waals surface area contributed by atoms with Crippen molar-refractivity contribution in [1.82, 2.24) is 24.4 Å². The second kappa shape index (κ2) is 10.2. The van der Waals surface area contributed by atoms with Crippen LogP contribution in [0.1, 0.15) is 49.1 Å². The smallest absolute Gasteiger partial charge is 0.410 e. The highest BCUT2D eigenvalue weighted by atomic mass is 19.1. The summed E-state index contributed by atoms with van der Waals surface area (Å²) in [5, 5.41) is 3.30. The molecule has 0 spiro atoms. The van der Waals surface area contributed by atoms with E-state index in [9.17, 15) is 9.18 Å². The fraction of sp³-hybridized carbons (Fsp3) is 0.310. The van der Waals surface area contributed by atoms with Gasteiger partial charge in [0.05, 0.1) is 17.9 Å². The maximum Gasteiger partial charge on any atom is 0.410 e. The Kier molecular flexibility index (Phi) is 6.84. The number of carbonyl (C=O) groups excluding carboxylic acids is 1. The van der Waals surface area contributed by atoms with E-state index in [0.717, 1.165) is 28.5 Å². The lowest BCUT2D eigenvalue weighted by molar-refractivity contribution is 0.0222. The number of aryl methyl sites for hydroxylation is 1. The molecule has 0 unspecified atom stereocenters. The number of amides is 1. The van der Waals surface area contributed by atoms with E-state index >= 15 is 0 Å². The number of nitrogens with one attached hydrogen (secondary N) is 1. The Morgan fingerprint density at radius 2 is 1.87 bits per heavy atom. The Hall–Kier alpha value is -4.27. The van der Waals surface area contributed by atoms with Gasteiger partial charge < -0.3 is 19.5 Å². The molecule has 0 bridgehead atoms. The molecule has 1 amide bonds. The molecule has 2 aromatic carbocycles. The average Bonchev–Trinajstić information content (AvgIpc) is 3.30. The molecule has 38 heavy (non-hydrogen) atoms. The Labute approximate surface area is 221 Å². The van der Waals surface area contributed by atoms with Gasteiger partial charge in [-0.2, -0.15) is 0 Å². The number of fused-ring (bicyclic) bond motifs is 1. The molecule has 9 heteroatoms. The number of anilines is 2. The molecule has 1 aliphatic heterocycles. The summed E-state index contributed by atoms with van der Waals surface area (Å²) in [5.74, 6) is 1.05. The van der Waals surface area contributed by atoms with Crippen LogP contribution >= 0.6 is 0 Å². The summed E-state index contributed by atoms with van der Waals surface area (Å²) >= 11 is 0. The van der Waals surface area contributed by atoms with E-state index in [1.165, 1.54) is 6.07 Å². The first-order chi connectivity index (χ1) is 18.2. The third-order valence-electron chi connectivity index (χ3n) is 6.34. The first-order valence-corrected chi connectivity index (χ1v) is 12.6. The largest absolute Gasteiger partial charge is 0.444 e. The summed E-state index contributed by atoms with van der Waals surface area (Å²) in [5.41, 5.74) is 4.13. The van der Waals surface area contributed by atoms with Gasteiger partial charge in [0.15, 0.2) is 0 Å².